The van der Waals surface area contributed by atoms with Crippen molar-refractivity contribution in [3.05, 3.63) is 60.6 Å². The molecule has 2 N–H and O–H groups in total. The minimum absolute atomic E-state index is 0.266. The standard InChI is InChI=1S/C23H23N7O2/c1-23(17-6-7-17,16-4-2-14(3-5-16)15-8-26-22(24)27-9-15)21-28-20(32-29-21)19-10-25-13-30(19)18-11-31-12-18/h2-5,8-10,13,17-18H,6-7,11-12H2,1H3,(H2,24,26,27). The van der Waals surface area contributed by atoms with Crippen molar-refractivity contribution >= 4 is 5.95 Å². The third-order valence-electron chi connectivity index (χ3n) is 6.67. The molecule has 9 heteroatoms. The lowest BCUT2D eigenvalue weighted by Gasteiger charge is -2.28. The van der Waals surface area contributed by atoms with E-state index >= 15 is 0 Å². The van der Waals surface area contributed by atoms with Crippen LogP contribution in [-0.2, 0) is 10.2 Å². The Labute approximate surface area is 184 Å². The van der Waals surface area contributed by atoms with Crippen LogP contribution in [0.5, 0.6) is 0 Å². The molecule has 0 bridgehead atoms. The van der Waals surface area contributed by atoms with Crippen LogP contribution in [0.1, 0.15) is 37.2 Å². The molecule has 0 spiro atoms. The van der Waals surface area contributed by atoms with Gasteiger partial charge in [-0.05, 0) is 36.8 Å². The maximum Gasteiger partial charge on any atom is 0.276 e. The Morgan fingerprint density at radius 2 is 1.78 bits per heavy atom. The van der Waals surface area contributed by atoms with Crippen molar-refractivity contribution in [2.45, 2.75) is 31.2 Å². The van der Waals surface area contributed by atoms with Crippen LogP contribution in [0, 0.1) is 5.92 Å². The molecule has 2 fully saturated rings. The Morgan fingerprint density at radius 3 is 2.44 bits per heavy atom. The maximum atomic E-state index is 5.73. The normalized spacial score (nSPS) is 18.3. The predicted molar refractivity (Wildman–Crippen MR) is 116 cm³/mol. The van der Waals surface area contributed by atoms with Gasteiger partial charge in [-0.2, -0.15) is 4.98 Å². The molecule has 0 amide bonds. The number of anilines is 1. The SMILES string of the molecule is CC(c1ccc(-c2cnc(N)nc2)cc1)(c1noc(-c2cncn2C2COC2)n1)C1CC1. The zero-order valence-electron chi connectivity index (χ0n) is 17.7. The molecular formula is C23H23N7O2. The molecular weight excluding hydrogens is 406 g/mol. The van der Waals surface area contributed by atoms with Gasteiger partial charge in [0.25, 0.3) is 5.89 Å². The molecule has 1 saturated carbocycles. The van der Waals surface area contributed by atoms with Crippen molar-refractivity contribution < 1.29 is 9.26 Å². The first kappa shape index (κ1) is 19.1. The van der Waals surface area contributed by atoms with Crippen molar-refractivity contribution in [2.24, 2.45) is 5.92 Å². The number of nitrogens with two attached hydrogens (primary N) is 1. The first-order valence-electron chi connectivity index (χ1n) is 10.8. The van der Waals surface area contributed by atoms with E-state index in [1.54, 1.807) is 24.9 Å². The molecule has 6 rings (SSSR count). The summed E-state index contributed by atoms with van der Waals surface area (Å²) in [6.07, 6.45) is 9.33. The molecule has 1 aliphatic heterocycles. The summed E-state index contributed by atoms with van der Waals surface area (Å²) in [5.41, 5.74) is 9.22. The first-order chi connectivity index (χ1) is 15.6. The molecule has 3 aromatic heterocycles. The van der Waals surface area contributed by atoms with Crippen LogP contribution >= 0.6 is 0 Å². The lowest BCUT2D eigenvalue weighted by molar-refractivity contribution is -0.0228. The van der Waals surface area contributed by atoms with Crippen molar-refractivity contribution in [2.75, 3.05) is 18.9 Å². The Hall–Kier alpha value is -3.59. The van der Waals surface area contributed by atoms with Gasteiger partial charge >= 0.3 is 0 Å². The Balaban J connectivity index is 1.34. The second-order valence-electron chi connectivity index (χ2n) is 8.68. The van der Waals surface area contributed by atoms with Gasteiger partial charge in [0.15, 0.2) is 5.82 Å². The highest BCUT2D eigenvalue weighted by molar-refractivity contribution is 5.62. The first-order valence-corrected chi connectivity index (χ1v) is 10.8. The number of hydrogen-bond donors (Lipinski definition) is 1. The van der Waals surface area contributed by atoms with E-state index in [1.165, 1.54) is 0 Å². The minimum atomic E-state index is -0.331. The number of benzene rings is 1. The number of imidazole rings is 1. The molecule has 1 atom stereocenters. The number of nitrogen functional groups attached to an aromatic ring is 1. The monoisotopic (exact) mass is 429 g/mol. The van der Waals surface area contributed by atoms with Crippen LogP contribution in [0.3, 0.4) is 0 Å². The van der Waals surface area contributed by atoms with Crippen LogP contribution in [0.4, 0.5) is 5.95 Å². The van der Waals surface area contributed by atoms with E-state index < -0.39 is 0 Å². The fraction of sp³-hybridized carbons (Fsp3) is 0.348. The lowest BCUT2D eigenvalue weighted by Crippen LogP contribution is -2.30. The zero-order valence-corrected chi connectivity index (χ0v) is 17.7. The topological polar surface area (TPSA) is 118 Å². The van der Waals surface area contributed by atoms with Gasteiger partial charge in [0, 0.05) is 18.0 Å². The molecule has 9 nitrogen and oxygen atoms in total. The molecule has 1 unspecified atom stereocenters. The quantitative estimate of drug-likeness (QED) is 0.496. The maximum absolute atomic E-state index is 5.73. The smallest absolute Gasteiger partial charge is 0.276 e. The molecule has 4 heterocycles. The summed E-state index contributed by atoms with van der Waals surface area (Å²) in [4.78, 5) is 17.3. The summed E-state index contributed by atoms with van der Waals surface area (Å²) in [6, 6.07) is 8.70. The molecule has 162 valence electrons. The highest BCUT2D eigenvalue weighted by Crippen LogP contribution is 2.50. The summed E-state index contributed by atoms with van der Waals surface area (Å²) in [6.45, 7) is 3.56. The van der Waals surface area contributed by atoms with E-state index in [4.69, 9.17) is 20.0 Å². The third-order valence-corrected chi connectivity index (χ3v) is 6.67. The summed E-state index contributed by atoms with van der Waals surface area (Å²) < 4.78 is 13.1. The molecule has 32 heavy (non-hydrogen) atoms. The summed E-state index contributed by atoms with van der Waals surface area (Å²) in [7, 11) is 0. The number of aromatic nitrogens is 6. The van der Waals surface area contributed by atoms with Gasteiger partial charge in [0.1, 0.15) is 5.69 Å². The van der Waals surface area contributed by atoms with Gasteiger partial charge in [-0.3, -0.25) is 0 Å². The van der Waals surface area contributed by atoms with Crippen molar-refractivity contribution in [1.82, 2.24) is 29.7 Å². The summed E-state index contributed by atoms with van der Waals surface area (Å²) >= 11 is 0. The van der Waals surface area contributed by atoms with Gasteiger partial charge < -0.3 is 19.6 Å². The molecule has 0 radical (unpaired) electrons. The molecule has 1 aromatic carbocycles. The summed E-state index contributed by atoms with van der Waals surface area (Å²) in [5.74, 6) is 1.94. The number of hydrogen-bond acceptors (Lipinski definition) is 8. The molecule has 4 aromatic rings. The third kappa shape index (κ3) is 3.08. The van der Waals surface area contributed by atoms with Crippen LogP contribution in [-0.4, -0.2) is 42.9 Å². The minimum Gasteiger partial charge on any atom is -0.377 e. The Kier molecular flexibility index (Phi) is 4.32. The highest BCUT2D eigenvalue weighted by atomic mass is 16.5. The average molecular weight is 429 g/mol. The zero-order chi connectivity index (χ0) is 21.7. The fourth-order valence-electron chi connectivity index (χ4n) is 4.39. The number of ether oxygens (including phenoxy) is 1. The van der Waals surface area contributed by atoms with Crippen LogP contribution in [0.25, 0.3) is 22.7 Å². The van der Waals surface area contributed by atoms with Crippen molar-refractivity contribution in [3.63, 3.8) is 0 Å². The van der Waals surface area contributed by atoms with Crippen molar-refractivity contribution in [3.8, 4) is 22.7 Å². The second-order valence-corrected chi connectivity index (χ2v) is 8.68. The Morgan fingerprint density at radius 1 is 1.03 bits per heavy atom. The van der Waals surface area contributed by atoms with E-state index in [1.807, 2.05) is 0 Å². The van der Waals surface area contributed by atoms with Gasteiger partial charge in [-0.25, -0.2) is 15.0 Å². The van der Waals surface area contributed by atoms with Crippen molar-refractivity contribution in [1.29, 1.82) is 0 Å². The molecule has 1 saturated heterocycles. The van der Waals surface area contributed by atoms with Crippen LogP contribution in [0.2, 0.25) is 0 Å². The lowest BCUT2D eigenvalue weighted by atomic mass is 9.77. The van der Waals surface area contributed by atoms with Crippen LogP contribution < -0.4 is 5.73 Å². The highest BCUT2D eigenvalue weighted by Gasteiger charge is 2.47. The largest absolute Gasteiger partial charge is 0.377 e. The van der Waals surface area contributed by atoms with Gasteiger partial charge in [0.2, 0.25) is 5.95 Å². The average Bonchev–Trinajstić information content (AvgIpc) is 3.34. The molecule has 2 aliphatic rings. The van der Waals surface area contributed by atoms with Gasteiger partial charge in [-0.1, -0.05) is 29.4 Å². The number of rotatable bonds is 6. The van der Waals surface area contributed by atoms with Gasteiger partial charge in [0.05, 0.1) is 37.2 Å². The van der Waals surface area contributed by atoms with E-state index in [0.29, 0.717) is 30.8 Å². The molecule has 1 aliphatic carbocycles. The number of nitrogens with zero attached hydrogens (tertiary/aromatic N) is 6. The van der Waals surface area contributed by atoms with E-state index in [2.05, 4.69) is 55.9 Å². The van der Waals surface area contributed by atoms with Gasteiger partial charge in [-0.15, -0.1) is 0 Å². The summed E-state index contributed by atoms with van der Waals surface area (Å²) in [5, 5.41) is 4.42. The van der Waals surface area contributed by atoms with E-state index in [0.717, 1.165) is 35.2 Å². The predicted octanol–water partition coefficient (Wildman–Crippen LogP) is 3.26. The van der Waals surface area contributed by atoms with E-state index in [9.17, 15) is 0 Å². The Bertz CT molecular complexity index is 1240. The fourth-order valence-corrected chi connectivity index (χ4v) is 4.39. The van der Waals surface area contributed by atoms with Crippen LogP contribution in [0.15, 0.2) is 53.7 Å². The van der Waals surface area contributed by atoms with E-state index in [-0.39, 0.29) is 17.4 Å². The second kappa shape index (κ2) is 7.23.